The summed E-state index contributed by atoms with van der Waals surface area (Å²) in [6.07, 6.45) is 13.9. The van der Waals surface area contributed by atoms with Crippen molar-refractivity contribution in [3.05, 3.63) is 0 Å². The molecule has 5 fully saturated rings. The third-order valence-corrected chi connectivity index (χ3v) is 13.9. The molecule has 0 bridgehead atoms. The Kier molecular flexibility index (Phi) is 4.57. The van der Waals surface area contributed by atoms with Crippen molar-refractivity contribution in [3.8, 4) is 0 Å². The first kappa shape index (κ1) is 18.7. The average molecular weight is 393 g/mol. The molecule has 1 heterocycles. The van der Waals surface area contributed by atoms with Crippen LogP contribution in [0.15, 0.2) is 0 Å². The lowest BCUT2D eigenvalue weighted by Gasteiger charge is -2.61. The smallest absolute Gasteiger partial charge is 0.0616 e. The van der Waals surface area contributed by atoms with Crippen LogP contribution in [0.1, 0.15) is 85.5 Å². The molecule has 0 nitrogen and oxygen atoms in total. The lowest BCUT2D eigenvalue weighted by molar-refractivity contribution is -0.117. The fourth-order valence-corrected chi connectivity index (χ4v) is 12.6. The highest BCUT2D eigenvalue weighted by Gasteiger charge is 2.62. The zero-order valence-electron chi connectivity index (χ0n) is 17.6. The Bertz CT molecular complexity index is 552. The van der Waals surface area contributed by atoms with Crippen LogP contribution in [-0.4, -0.2) is 15.6 Å². The van der Waals surface area contributed by atoms with Crippen LogP contribution in [0.3, 0.4) is 0 Å². The number of fused-ring (bicyclic) bond motifs is 5. The highest BCUT2D eigenvalue weighted by Crippen LogP contribution is 2.71. The predicted octanol–water partition coefficient (Wildman–Crippen LogP) is 7.48. The molecule has 0 aromatic carbocycles. The fraction of sp³-hybridized carbons (Fsp3) is 1.00. The van der Waals surface area contributed by atoms with E-state index in [1.807, 2.05) is 0 Å². The molecule has 1 aliphatic heterocycles. The molecule has 1 saturated heterocycles. The molecule has 0 aromatic heterocycles. The maximum atomic E-state index is 2.74. The van der Waals surface area contributed by atoms with Gasteiger partial charge in [-0.3, -0.25) is 0 Å². The minimum Gasteiger partial charge on any atom is -0.143 e. The van der Waals surface area contributed by atoms with E-state index in [9.17, 15) is 0 Å². The molecule has 148 valence electrons. The van der Waals surface area contributed by atoms with Crippen molar-refractivity contribution in [2.75, 3.05) is 11.5 Å². The van der Waals surface area contributed by atoms with Gasteiger partial charge in [0.2, 0.25) is 0 Å². The number of rotatable bonds is 1. The molecule has 4 saturated carbocycles. The van der Waals surface area contributed by atoms with Crippen LogP contribution in [0.4, 0.5) is 0 Å². The van der Waals surface area contributed by atoms with Crippen LogP contribution in [0.5, 0.6) is 0 Å². The van der Waals surface area contributed by atoms with E-state index < -0.39 is 0 Å². The van der Waals surface area contributed by atoms with Crippen molar-refractivity contribution in [1.29, 1.82) is 0 Å². The number of hydrogen-bond acceptors (Lipinski definition) is 2. The molecule has 0 aromatic rings. The lowest BCUT2D eigenvalue weighted by Crippen LogP contribution is -2.54. The maximum absolute atomic E-state index is 2.74. The first-order chi connectivity index (χ1) is 12.4. The predicted molar refractivity (Wildman–Crippen MR) is 118 cm³/mol. The zero-order valence-corrected chi connectivity index (χ0v) is 19.2. The minimum atomic E-state index is 0.526. The van der Waals surface area contributed by atoms with Crippen molar-refractivity contribution < 1.29 is 0 Å². The normalized spacial score (nSPS) is 55.8. The fourth-order valence-electron chi connectivity index (χ4n) is 9.07. The Morgan fingerprint density at radius 2 is 1.42 bits per heavy atom. The number of hydrogen-bond donors (Lipinski definition) is 0. The molecule has 3 unspecified atom stereocenters. The van der Waals surface area contributed by atoms with Gasteiger partial charge in [-0.25, -0.2) is 0 Å². The van der Waals surface area contributed by atoms with Gasteiger partial charge >= 0.3 is 0 Å². The third-order valence-electron chi connectivity index (χ3n) is 10.4. The Hall–Kier alpha value is 0.700. The van der Waals surface area contributed by atoms with E-state index in [4.69, 9.17) is 0 Å². The molecule has 0 spiro atoms. The van der Waals surface area contributed by atoms with Gasteiger partial charge in [-0.1, -0.05) is 27.2 Å². The summed E-state index contributed by atoms with van der Waals surface area (Å²) in [4.78, 5) is 0. The highest BCUT2D eigenvalue weighted by atomic mass is 32.2. The summed E-state index contributed by atoms with van der Waals surface area (Å²) in [5.74, 6) is 8.96. The van der Waals surface area contributed by atoms with Gasteiger partial charge in [0.1, 0.15) is 0 Å². The van der Waals surface area contributed by atoms with Crippen molar-refractivity contribution in [2.45, 2.75) is 89.6 Å². The minimum absolute atomic E-state index is 0.526. The SMILES string of the molecule is C[C@@H]1CC[C@]2(C)C3CC[C@@]4(C)C(CC[C@@H]4C4(C)SCCS4)C3CC[C@H]2C1. The van der Waals surface area contributed by atoms with Crippen molar-refractivity contribution >= 4 is 23.5 Å². The van der Waals surface area contributed by atoms with E-state index in [0.717, 1.165) is 35.5 Å². The second kappa shape index (κ2) is 6.35. The van der Waals surface area contributed by atoms with Gasteiger partial charge in [0.25, 0.3) is 0 Å². The largest absolute Gasteiger partial charge is 0.143 e. The third kappa shape index (κ3) is 2.55. The molecule has 5 aliphatic rings. The maximum Gasteiger partial charge on any atom is 0.0616 e. The van der Waals surface area contributed by atoms with E-state index in [1.54, 1.807) is 25.7 Å². The quantitative estimate of drug-likeness (QED) is 0.453. The molecule has 0 amide bonds. The van der Waals surface area contributed by atoms with E-state index in [0.29, 0.717) is 14.9 Å². The molecule has 4 aliphatic carbocycles. The average Bonchev–Trinajstić information content (AvgIpc) is 3.19. The standard InChI is InChI=1S/C24H40S2/c1-16-9-11-22(2)17(15-16)5-6-18-19-7-8-21(24(4)25-13-14-26-24)23(19,3)12-10-20(18)22/h16-21H,5-15H2,1-4H3/t16-,17+,18?,19?,20?,21+,22+,23+/m1/s1. The van der Waals surface area contributed by atoms with E-state index in [-0.39, 0.29) is 0 Å². The van der Waals surface area contributed by atoms with Gasteiger partial charge in [-0.15, -0.1) is 23.5 Å². The van der Waals surface area contributed by atoms with Gasteiger partial charge in [0.15, 0.2) is 0 Å². The lowest BCUT2D eigenvalue weighted by atomic mass is 9.44. The van der Waals surface area contributed by atoms with Gasteiger partial charge < -0.3 is 0 Å². The molecule has 8 atom stereocenters. The molecule has 0 radical (unpaired) electrons. The highest BCUT2D eigenvalue weighted by molar-refractivity contribution is 8.21. The van der Waals surface area contributed by atoms with E-state index >= 15 is 0 Å². The summed E-state index contributed by atoms with van der Waals surface area (Å²) in [5, 5.41) is 0. The summed E-state index contributed by atoms with van der Waals surface area (Å²) in [7, 11) is 0. The molecule has 5 rings (SSSR count). The van der Waals surface area contributed by atoms with Crippen LogP contribution in [0, 0.1) is 46.3 Å². The summed E-state index contributed by atoms with van der Waals surface area (Å²) in [6.45, 7) is 10.6. The van der Waals surface area contributed by atoms with Crippen molar-refractivity contribution in [2.24, 2.45) is 46.3 Å². The summed E-state index contributed by atoms with van der Waals surface area (Å²) >= 11 is 4.61. The van der Waals surface area contributed by atoms with Gasteiger partial charge in [-0.2, -0.15) is 0 Å². The Balaban J connectivity index is 1.41. The first-order valence-corrected chi connectivity index (χ1v) is 13.6. The molecule has 26 heavy (non-hydrogen) atoms. The first-order valence-electron chi connectivity index (χ1n) is 11.6. The van der Waals surface area contributed by atoms with Gasteiger partial charge in [0, 0.05) is 11.5 Å². The summed E-state index contributed by atoms with van der Waals surface area (Å²) in [6, 6.07) is 0. The second-order valence-corrected chi connectivity index (χ2v) is 14.8. The topological polar surface area (TPSA) is 0 Å². The summed E-state index contributed by atoms with van der Waals surface area (Å²) in [5.41, 5.74) is 1.33. The van der Waals surface area contributed by atoms with Crippen LogP contribution in [-0.2, 0) is 0 Å². The van der Waals surface area contributed by atoms with E-state index in [2.05, 4.69) is 51.2 Å². The number of thioether (sulfide) groups is 2. The molecular formula is C24H40S2. The van der Waals surface area contributed by atoms with Crippen molar-refractivity contribution in [3.63, 3.8) is 0 Å². The van der Waals surface area contributed by atoms with Crippen LogP contribution in [0.25, 0.3) is 0 Å². The van der Waals surface area contributed by atoms with Crippen LogP contribution < -0.4 is 0 Å². The molecule has 2 heteroatoms. The Morgan fingerprint density at radius 3 is 2.19 bits per heavy atom. The summed E-state index contributed by atoms with van der Waals surface area (Å²) < 4.78 is 0.526. The molecule has 0 N–H and O–H groups in total. The van der Waals surface area contributed by atoms with E-state index in [1.165, 1.54) is 43.6 Å². The molecular weight excluding hydrogens is 352 g/mol. The zero-order chi connectivity index (χ0) is 18.2. The van der Waals surface area contributed by atoms with Crippen molar-refractivity contribution in [1.82, 2.24) is 0 Å². The van der Waals surface area contributed by atoms with Gasteiger partial charge in [0.05, 0.1) is 4.08 Å². The van der Waals surface area contributed by atoms with Crippen LogP contribution >= 0.6 is 23.5 Å². The Labute approximate surface area is 170 Å². The monoisotopic (exact) mass is 392 g/mol. The van der Waals surface area contributed by atoms with Gasteiger partial charge in [-0.05, 0) is 105 Å². The Morgan fingerprint density at radius 1 is 0.731 bits per heavy atom. The van der Waals surface area contributed by atoms with Crippen LogP contribution in [0.2, 0.25) is 0 Å². The second-order valence-electron chi connectivity index (χ2n) is 11.4.